The number of ether oxygens (including phenoxy) is 16. The fourth-order valence-electron chi connectivity index (χ4n) is 13.9. The van der Waals surface area contributed by atoms with E-state index < -0.39 is 25.2 Å². The quantitative estimate of drug-likeness (QED) is 0.142. The second-order valence-electron chi connectivity index (χ2n) is 24.9. The highest BCUT2D eigenvalue weighted by Gasteiger charge is 2.36. The Balaban J connectivity index is 0.906. The molecule has 0 atom stereocenters. The van der Waals surface area contributed by atoms with Gasteiger partial charge in [-0.3, -0.25) is 0 Å². The van der Waals surface area contributed by atoms with Crippen LogP contribution in [0.5, 0.6) is 138 Å². The SMILES string of the molecule is c1cc2cc(c1)Oc1cc3cc(c1)C1Oc4cc5c6cc4Cc4cc7c(cc4O1)OC1Oc4cc8c(cc4C7)Cc4cc(c7cc4OC(O8)c4cc(cc(c4)Oc4cccc(c4)Oc4cc(cc1c4)Oc1cccc(c1)O3)Oc1cccc(c1)Oc1cc(cc(c1)C(O5)O7)O2)C6. The molecule has 12 aromatic carbocycles. The van der Waals surface area contributed by atoms with Crippen molar-refractivity contribution >= 4 is 0 Å². The smallest absolute Gasteiger partial charge is 0.267 e. The molecular weight excluding hydrogens is 1220 g/mol. The molecule has 0 aromatic heterocycles. The van der Waals surface area contributed by atoms with Gasteiger partial charge in [0.05, 0.1) is 0 Å². The monoisotopic (exact) mass is 1260 g/mol. The lowest BCUT2D eigenvalue weighted by Crippen LogP contribution is -2.23. The Hall–Kier alpha value is -12.6. The first-order valence-electron chi connectivity index (χ1n) is 31.6. The first kappa shape index (κ1) is 53.0. The maximum Gasteiger partial charge on any atom is 0.267 e. The summed E-state index contributed by atoms with van der Waals surface area (Å²) in [6, 6.07) is 68.3. The van der Waals surface area contributed by atoms with Crippen LogP contribution in [0.1, 0.15) is 91.9 Å². The van der Waals surface area contributed by atoms with Crippen molar-refractivity contribution in [3.05, 3.63) is 285 Å². The van der Waals surface area contributed by atoms with E-state index in [0.717, 1.165) is 44.5 Å². The maximum absolute atomic E-state index is 7.37. The van der Waals surface area contributed by atoms with Crippen molar-refractivity contribution in [1.82, 2.24) is 0 Å². The van der Waals surface area contributed by atoms with Crippen molar-refractivity contribution in [3.63, 3.8) is 0 Å². The van der Waals surface area contributed by atoms with Crippen molar-refractivity contribution in [2.24, 2.45) is 0 Å². The number of hydrogen-bond donors (Lipinski definition) is 0. The standard InChI is InChI=1S/C80H48O16/c1-5-53-29-54(6-1)82-62-22-50-24-64(34-62)84-56-8-3-10-58(31-56)86-66-26-52-28-68(36-66)88-60-12-4-11-59(32-60)87-67-27-51-25-65(35-67)85-57-9-2-7-55(30-57)83-63-23-49(21-61(33-63)81-53)77-89-69-37-70-42-13-41(69)17-43-14-45-19-47-16-48-20-46-15-44(18-42)72(92-78(50)90-70)39-74(46)94-80(52)96-76(48)40-75(47)95-79(51)93-73(45)38-71(43)91-77/h1-16,21-40,77-80H,17-20H2. The second-order valence-corrected chi connectivity index (χ2v) is 24.9. The molecule has 0 N–H and O–H groups in total. The summed E-state index contributed by atoms with van der Waals surface area (Å²) in [6.07, 6.45) is -3.14. The van der Waals surface area contributed by atoms with Crippen molar-refractivity contribution in [1.29, 1.82) is 0 Å². The summed E-state index contributed by atoms with van der Waals surface area (Å²) in [5, 5.41) is 0. The molecule has 9 aliphatic rings. The Kier molecular flexibility index (Phi) is 11.3. The molecule has 464 valence electrons. The minimum atomic E-state index is -1.16. The van der Waals surface area contributed by atoms with Crippen LogP contribution in [0.2, 0.25) is 0 Å². The van der Waals surface area contributed by atoms with Crippen molar-refractivity contribution in [3.8, 4) is 138 Å². The third kappa shape index (κ3) is 9.51. The van der Waals surface area contributed by atoms with Gasteiger partial charge in [-0.2, -0.15) is 0 Å². The fraction of sp³-hybridized carbons (Fsp3) is 0.100. The van der Waals surface area contributed by atoms with Crippen molar-refractivity contribution in [2.75, 3.05) is 0 Å². The van der Waals surface area contributed by atoms with Crippen molar-refractivity contribution in [2.45, 2.75) is 50.8 Å². The van der Waals surface area contributed by atoms with Crippen LogP contribution in [0.4, 0.5) is 0 Å². The minimum Gasteiger partial charge on any atom is -0.457 e. The van der Waals surface area contributed by atoms with E-state index in [-0.39, 0.29) is 0 Å². The highest BCUT2D eigenvalue weighted by atomic mass is 16.7. The van der Waals surface area contributed by atoms with E-state index in [0.29, 0.717) is 186 Å². The summed E-state index contributed by atoms with van der Waals surface area (Å²) in [6.45, 7) is 0. The molecule has 0 saturated carbocycles. The molecule has 40 bridgehead atoms. The topological polar surface area (TPSA) is 148 Å². The molecule has 0 radical (unpaired) electrons. The molecule has 16 nitrogen and oxygen atoms in total. The van der Waals surface area contributed by atoms with E-state index in [1.165, 1.54) is 0 Å². The van der Waals surface area contributed by atoms with E-state index in [4.69, 9.17) is 75.8 Å². The zero-order valence-electron chi connectivity index (χ0n) is 50.5. The molecule has 12 aromatic rings. The summed E-state index contributed by atoms with van der Waals surface area (Å²) >= 11 is 0. The zero-order chi connectivity index (χ0) is 62.7. The molecule has 1 aliphatic carbocycles. The Morgan fingerprint density at radius 2 is 0.323 bits per heavy atom. The Morgan fingerprint density at radius 3 is 0.490 bits per heavy atom. The zero-order valence-corrected chi connectivity index (χ0v) is 50.5. The lowest BCUT2D eigenvalue weighted by atomic mass is 9.90. The van der Waals surface area contributed by atoms with E-state index in [9.17, 15) is 0 Å². The highest BCUT2D eigenvalue weighted by Crippen LogP contribution is 2.52. The largest absolute Gasteiger partial charge is 0.457 e. The van der Waals surface area contributed by atoms with Crippen LogP contribution in [0.15, 0.2) is 218 Å². The molecule has 0 unspecified atom stereocenters. The van der Waals surface area contributed by atoms with Crippen LogP contribution in [-0.2, 0) is 25.7 Å². The third-order valence-electron chi connectivity index (χ3n) is 18.2. The molecule has 0 saturated heterocycles. The molecule has 0 amide bonds. The maximum atomic E-state index is 7.37. The van der Waals surface area contributed by atoms with Gasteiger partial charge >= 0.3 is 0 Å². The third-order valence-corrected chi connectivity index (χ3v) is 18.2. The Bertz CT molecular complexity index is 4430. The molecular formula is C80H48O16. The van der Waals surface area contributed by atoms with Crippen molar-refractivity contribution < 1.29 is 75.8 Å². The molecule has 0 fully saturated rings. The van der Waals surface area contributed by atoms with Gasteiger partial charge in [0.2, 0.25) is 0 Å². The summed E-state index contributed by atoms with van der Waals surface area (Å²) in [7, 11) is 0. The predicted octanol–water partition coefficient (Wildman–Crippen LogP) is 19.8. The Labute approximate surface area is 547 Å². The molecule has 0 spiro atoms. The first-order valence-corrected chi connectivity index (χ1v) is 31.6. The summed E-state index contributed by atoms with van der Waals surface area (Å²) in [5.74, 6) is 10.9. The molecule has 8 aliphatic heterocycles. The van der Waals surface area contributed by atoms with Gasteiger partial charge in [-0.15, -0.1) is 0 Å². The van der Waals surface area contributed by atoms with Gasteiger partial charge in [0, 0.05) is 121 Å². The summed E-state index contributed by atoms with van der Waals surface area (Å²) < 4.78 is 114. The molecule has 96 heavy (non-hydrogen) atoms. The Morgan fingerprint density at radius 1 is 0.167 bits per heavy atom. The second kappa shape index (κ2) is 20.5. The summed E-state index contributed by atoms with van der Waals surface area (Å²) in [4.78, 5) is 0. The van der Waals surface area contributed by atoms with Crippen LogP contribution in [0.3, 0.4) is 0 Å². The van der Waals surface area contributed by atoms with Crippen LogP contribution >= 0.6 is 0 Å². The van der Waals surface area contributed by atoms with Gasteiger partial charge in [0.1, 0.15) is 138 Å². The number of rotatable bonds is 0. The van der Waals surface area contributed by atoms with Gasteiger partial charge in [-0.25, -0.2) is 0 Å². The lowest BCUT2D eigenvalue weighted by Gasteiger charge is -2.33. The van der Waals surface area contributed by atoms with Crippen LogP contribution < -0.4 is 75.8 Å². The fourth-order valence-corrected chi connectivity index (χ4v) is 13.9. The molecule has 8 heterocycles. The van der Waals surface area contributed by atoms with Gasteiger partial charge < -0.3 is 75.8 Å². The number of hydrogen-bond acceptors (Lipinski definition) is 16. The average Bonchev–Trinajstić information content (AvgIpc) is 0.763. The first-order chi connectivity index (χ1) is 47.2. The van der Waals surface area contributed by atoms with Gasteiger partial charge in [0.25, 0.3) is 25.2 Å². The van der Waals surface area contributed by atoms with E-state index in [2.05, 4.69) is 24.3 Å². The number of benzene rings is 12. The van der Waals surface area contributed by atoms with Gasteiger partial charge in [-0.1, -0.05) is 24.3 Å². The van der Waals surface area contributed by atoms with E-state index >= 15 is 0 Å². The van der Waals surface area contributed by atoms with E-state index in [1.807, 2.05) is 194 Å². The minimum absolute atomic E-state index is 0.376. The normalized spacial score (nSPS) is 17.9. The number of fused-ring (bicyclic) bond motifs is 16. The average molecular weight is 1270 g/mol. The summed E-state index contributed by atoms with van der Waals surface area (Å²) in [5.41, 5.74) is 9.18. The molecule has 21 rings (SSSR count). The van der Waals surface area contributed by atoms with Gasteiger partial charge in [-0.05, 0) is 166 Å². The predicted molar refractivity (Wildman–Crippen MR) is 345 cm³/mol. The van der Waals surface area contributed by atoms with Gasteiger partial charge in [0.15, 0.2) is 0 Å². The van der Waals surface area contributed by atoms with Crippen LogP contribution in [0, 0.1) is 0 Å². The molecule has 16 heteroatoms. The van der Waals surface area contributed by atoms with Crippen LogP contribution in [-0.4, -0.2) is 0 Å². The van der Waals surface area contributed by atoms with E-state index in [1.54, 1.807) is 0 Å². The van der Waals surface area contributed by atoms with Crippen LogP contribution in [0.25, 0.3) is 0 Å². The highest BCUT2D eigenvalue weighted by molar-refractivity contribution is 5.63. The lowest BCUT2D eigenvalue weighted by molar-refractivity contribution is -0.0111.